The van der Waals surface area contributed by atoms with E-state index in [4.69, 9.17) is 11.6 Å². The van der Waals surface area contributed by atoms with Gasteiger partial charge in [0.2, 0.25) is 0 Å². The number of pyridine rings is 1. The molecule has 0 aliphatic heterocycles. The van der Waals surface area contributed by atoms with Gasteiger partial charge in [0.25, 0.3) is 0 Å². The Bertz CT molecular complexity index is 563. The number of benzene rings is 1. The lowest BCUT2D eigenvalue weighted by molar-refractivity contribution is 1.11. The topological polar surface area (TPSA) is 24.9 Å². The predicted molar refractivity (Wildman–Crippen MR) is 87.1 cm³/mol. The largest absolute Gasteiger partial charge is 0.370 e. The number of aromatic nitrogens is 1. The van der Waals surface area contributed by atoms with Crippen LogP contribution in [-0.2, 0) is 5.75 Å². The minimum absolute atomic E-state index is 0.712. The minimum Gasteiger partial charge on any atom is -0.370 e. The third kappa shape index (κ3) is 4.41. The summed E-state index contributed by atoms with van der Waals surface area (Å²) in [6.07, 6.45) is 0. The van der Waals surface area contributed by atoms with Crippen LogP contribution in [0.25, 0.3) is 0 Å². The third-order valence-electron chi connectivity index (χ3n) is 2.45. The third-order valence-corrected chi connectivity index (χ3v) is 4.29. The molecule has 1 aromatic heterocycles. The molecule has 0 aliphatic carbocycles. The SMILES string of the molecule is CCNc1ccc(Cl)c(CSc2cccc(Br)c2)n1. The van der Waals surface area contributed by atoms with Crippen molar-refractivity contribution in [2.45, 2.75) is 17.6 Å². The molecule has 0 unspecified atom stereocenters. The monoisotopic (exact) mass is 356 g/mol. The molecule has 2 nitrogen and oxygen atoms in total. The second kappa shape index (κ2) is 7.17. The van der Waals surface area contributed by atoms with Crippen molar-refractivity contribution < 1.29 is 0 Å². The first-order chi connectivity index (χ1) is 9.19. The van der Waals surface area contributed by atoms with Gasteiger partial charge in [-0.15, -0.1) is 11.8 Å². The van der Waals surface area contributed by atoms with Crippen LogP contribution in [0.2, 0.25) is 5.02 Å². The highest BCUT2D eigenvalue weighted by Crippen LogP contribution is 2.28. The Morgan fingerprint density at radius 2 is 2.16 bits per heavy atom. The summed E-state index contributed by atoms with van der Waals surface area (Å²) in [5.41, 5.74) is 0.907. The number of nitrogens with one attached hydrogen (secondary N) is 1. The first-order valence-corrected chi connectivity index (χ1v) is 8.12. The normalized spacial score (nSPS) is 10.5. The smallest absolute Gasteiger partial charge is 0.126 e. The molecule has 1 N–H and O–H groups in total. The highest BCUT2D eigenvalue weighted by molar-refractivity contribution is 9.10. The Labute approximate surface area is 131 Å². The molecule has 0 fully saturated rings. The van der Waals surface area contributed by atoms with Crippen molar-refractivity contribution >= 4 is 45.1 Å². The summed E-state index contributed by atoms with van der Waals surface area (Å²) >= 11 is 11.4. The van der Waals surface area contributed by atoms with Crippen molar-refractivity contribution in [1.29, 1.82) is 0 Å². The number of thioether (sulfide) groups is 1. The highest BCUT2D eigenvalue weighted by Gasteiger charge is 2.05. The van der Waals surface area contributed by atoms with Crippen LogP contribution in [0.15, 0.2) is 45.8 Å². The lowest BCUT2D eigenvalue weighted by Gasteiger charge is -2.07. The van der Waals surface area contributed by atoms with Crippen molar-refractivity contribution in [2.75, 3.05) is 11.9 Å². The molecule has 5 heteroatoms. The van der Waals surface area contributed by atoms with Crippen LogP contribution in [0.3, 0.4) is 0 Å². The van der Waals surface area contributed by atoms with E-state index in [2.05, 4.69) is 38.4 Å². The predicted octanol–water partition coefficient (Wildman–Crippen LogP) is 5.22. The quantitative estimate of drug-likeness (QED) is 0.742. The fourth-order valence-electron chi connectivity index (χ4n) is 1.57. The van der Waals surface area contributed by atoms with E-state index < -0.39 is 0 Å². The van der Waals surface area contributed by atoms with Gasteiger partial charge in [-0.05, 0) is 37.3 Å². The summed E-state index contributed by atoms with van der Waals surface area (Å²) in [4.78, 5) is 5.72. The second-order valence-electron chi connectivity index (χ2n) is 3.90. The molecule has 1 aromatic carbocycles. The summed E-state index contributed by atoms with van der Waals surface area (Å²) in [6.45, 7) is 2.90. The molecule has 19 heavy (non-hydrogen) atoms. The molecular formula is C14H14BrClN2S. The molecule has 0 bridgehead atoms. The first-order valence-electron chi connectivity index (χ1n) is 5.96. The summed E-state index contributed by atoms with van der Waals surface area (Å²) in [5.74, 6) is 1.63. The van der Waals surface area contributed by atoms with E-state index in [1.807, 2.05) is 31.2 Å². The molecule has 0 atom stereocenters. The van der Waals surface area contributed by atoms with E-state index in [-0.39, 0.29) is 0 Å². The van der Waals surface area contributed by atoms with Crippen molar-refractivity contribution in [1.82, 2.24) is 4.98 Å². The summed E-state index contributed by atoms with van der Waals surface area (Å²) < 4.78 is 1.08. The van der Waals surface area contributed by atoms with Gasteiger partial charge in [0, 0.05) is 21.7 Å². The highest BCUT2D eigenvalue weighted by atomic mass is 79.9. The average molecular weight is 358 g/mol. The van der Waals surface area contributed by atoms with Crippen LogP contribution in [0.5, 0.6) is 0 Å². The van der Waals surface area contributed by atoms with Crippen LogP contribution in [-0.4, -0.2) is 11.5 Å². The van der Waals surface area contributed by atoms with Gasteiger partial charge in [0.05, 0.1) is 10.7 Å². The van der Waals surface area contributed by atoms with Gasteiger partial charge in [-0.1, -0.05) is 33.6 Å². The van der Waals surface area contributed by atoms with E-state index in [0.717, 1.165) is 28.3 Å². The molecule has 0 amide bonds. The van der Waals surface area contributed by atoms with E-state index in [1.54, 1.807) is 11.8 Å². The van der Waals surface area contributed by atoms with Gasteiger partial charge in [-0.25, -0.2) is 4.98 Å². The lowest BCUT2D eigenvalue weighted by Crippen LogP contribution is -2.01. The number of hydrogen-bond donors (Lipinski definition) is 1. The van der Waals surface area contributed by atoms with Crippen LogP contribution in [0.4, 0.5) is 5.82 Å². The Kier molecular flexibility index (Phi) is 5.55. The van der Waals surface area contributed by atoms with Gasteiger partial charge >= 0.3 is 0 Å². The van der Waals surface area contributed by atoms with Crippen LogP contribution < -0.4 is 5.32 Å². The van der Waals surface area contributed by atoms with Crippen LogP contribution in [0.1, 0.15) is 12.6 Å². The Morgan fingerprint density at radius 3 is 2.89 bits per heavy atom. The maximum absolute atomic E-state index is 6.18. The van der Waals surface area contributed by atoms with E-state index >= 15 is 0 Å². The summed E-state index contributed by atoms with van der Waals surface area (Å²) in [5, 5.41) is 3.91. The summed E-state index contributed by atoms with van der Waals surface area (Å²) in [7, 11) is 0. The van der Waals surface area contributed by atoms with Crippen molar-refractivity contribution in [3.63, 3.8) is 0 Å². The fraction of sp³-hybridized carbons (Fsp3) is 0.214. The number of rotatable bonds is 5. The number of nitrogens with zero attached hydrogens (tertiary/aromatic N) is 1. The molecule has 0 radical (unpaired) electrons. The molecule has 2 rings (SSSR count). The van der Waals surface area contributed by atoms with Gasteiger partial charge in [-0.2, -0.15) is 0 Å². The second-order valence-corrected chi connectivity index (χ2v) is 6.27. The molecular weight excluding hydrogens is 344 g/mol. The van der Waals surface area contributed by atoms with Gasteiger partial charge in [0.15, 0.2) is 0 Å². The minimum atomic E-state index is 0.712. The molecule has 0 aliphatic rings. The van der Waals surface area contributed by atoms with Crippen molar-refractivity contribution in [3.05, 3.63) is 51.6 Å². The van der Waals surface area contributed by atoms with E-state index in [0.29, 0.717) is 5.02 Å². The fourth-order valence-corrected chi connectivity index (χ4v) is 3.28. The zero-order chi connectivity index (χ0) is 13.7. The Morgan fingerprint density at radius 1 is 1.32 bits per heavy atom. The molecule has 2 aromatic rings. The summed E-state index contributed by atoms with van der Waals surface area (Å²) in [6, 6.07) is 12.0. The number of hydrogen-bond acceptors (Lipinski definition) is 3. The molecule has 0 spiro atoms. The molecule has 1 heterocycles. The number of halogens is 2. The van der Waals surface area contributed by atoms with Gasteiger partial charge in [-0.3, -0.25) is 0 Å². The van der Waals surface area contributed by atoms with Gasteiger partial charge < -0.3 is 5.32 Å². The maximum Gasteiger partial charge on any atom is 0.126 e. The first kappa shape index (κ1) is 14.7. The van der Waals surface area contributed by atoms with Crippen LogP contribution in [0, 0.1) is 0 Å². The standard InChI is InChI=1S/C14H14BrClN2S/c1-2-17-14-7-6-12(16)13(18-14)9-19-11-5-3-4-10(15)8-11/h3-8H,2,9H2,1H3,(H,17,18). The van der Waals surface area contributed by atoms with E-state index in [9.17, 15) is 0 Å². The van der Waals surface area contributed by atoms with E-state index in [1.165, 1.54) is 4.90 Å². The lowest BCUT2D eigenvalue weighted by atomic mass is 10.3. The average Bonchev–Trinajstić information content (AvgIpc) is 2.40. The molecule has 0 saturated heterocycles. The van der Waals surface area contributed by atoms with Crippen molar-refractivity contribution in [2.24, 2.45) is 0 Å². The van der Waals surface area contributed by atoms with Crippen LogP contribution >= 0.6 is 39.3 Å². The molecule has 0 saturated carbocycles. The number of anilines is 1. The zero-order valence-corrected chi connectivity index (χ0v) is 13.6. The maximum atomic E-state index is 6.18. The zero-order valence-electron chi connectivity index (χ0n) is 10.5. The molecule has 100 valence electrons. The van der Waals surface area contributed by atoms with Gasteiger partial charge in [0.1, 0.15) is 5.82 Å². The van der Waals surface area contributed by atoms with Crippen molar-refractivity contribution in [3.8, 4) is 0 Å². The Balaban J connectivity index is 2.08. The Hall–Kier alpha value is -0.710.